The van der Waals surface area contributed by atoms with E-state index in [1.54, 1.807) is 0 Å². The zero-order valence-electron chi connectivity index (χ0n) is 9.79. The van der Waals surface area contributed by atoms with Crippen molar-refractivity contribution in [2.45, 2.75) is 20.3 Å². The lowest BCUT2D eigenvalue weighted by Gasteiger charge is -2.05. The summed E-state index contributed by atoms with van der Waals surface area (Å²) in [6.07, 6.45) is 0.915. The molecule has 0 saturated heterocycles. The summed E-state index contributed by atoms with van der Waals surface area (Å²) in [6, 6.07) is 8.63. The molecule has 2 rings (SSSR count). The maximum atomic E-state index is 4.40. The summed E-state index contributed by atoms with van der Waals surface area (Å²) in [5.74, 6) is 1.04. The van der Waals surface area contributed by atoms with Crippen molar-refractivity contribution >= 4 is 15.9 Å². The van der Waals surface area contributed by atoms with Gasteiger partial charge in [-0.3, -0.25) is 0 Å². The minimum atomic E-state index is 0.915. The van der Waals surface area contributed by atoms with Gasteiger partial charge < -0.3 is 4.57 Å². The summed E-state index contributed by atoms with van der Waals surface area (Å²) < 4.78 is 3.08. The van der Waals surface area contributed by atoms with Gasteiger partial charge in [0.1, 0.15) is 10.4 Å². The molecule has 0 amide bonds. The average molecular weight is 279 g/mol. The summed E-state index contributed by atoms with van der Waals surface area (Å²) >= 11 is 3.51. The van der Waals surface area contributed by atoms with E-state index in [4.69, 9.17) is 0 Å². The minimum absolute atomic E-state index is 0.915. The molecule has 0 bridgehead atoms. The molecule has 3 heteroatoms. The third kappa shape index (κ3) is 2.19. The molecule has 84 valence electrons. The second-order valence-electron chi connectivity index (χ2n) is 4.12. The Bertz CT molecular complexity index is 497. The average Bonchev–Trinajstić information content (AvgIpc) is 2.48. The fourth-order valence-corrected chi connectivity index (χ4v) is 2.37. The van der Waals surface area contributed by atoms with Crippen LogP contribution in [0, 0.1) is 13.8 Å². The van der Waals surface area contributed by atoms with Gasteiger partial charge in [-0.05, 0) is 35.3 Å². The largest absolute Gasteiger partial charge is 0.334 e. The summed E-state index contributed by atoms with van der Waals surface area (Å²) in [5, 5.41) is 0. The highest BCUT2D eigenvalue weighted by atomic mass is 79.9. The topological polar surface area (TPSA) is 17.8 Å². The van der Waals surface area contributed by atoms with Gasteiger partial charge in [0.2, 0.25) is 0 Å². The quantitative estimate of drug-likeness (QED) is 0.824. The van der Waals surface area contributed by atoms with Gasteiger partial charge in [0.25, 0.3) is 0 Å². The van der Waals surface area contributed by atoms with Gasteiger partial charge in [-0.2, -0.15) is 0 Å². The monoisotopic (exact) mass is 278 g/mol. The first-order valence-corrected chi connectivity index (χ1v) is 6.10. The predicted octanol–water partition coefficient (Wildman–Crippen LogP) is 3.39. The molecule has 0 radical (unpaired) electrons. The van der Waals surface area contributed by atoms with Crippen molar-refractivity contribution < 1.29 is 0 Å². The van der Waals surface area contributed by atoms with Gasteiger partial charge in [0.05, 0.1) is 5.69 Å². The summed E-state index contributed by atoms with van der Waals surface area (Å²) in [6.45, 7) is 4.12. The van der Waals surface area contributed by atoms with E-state index in [0.717, 1.165) is 16.8 Å². The Hall–Kier alpha value is -1.09. The zero-order valence-corrected chi connectivity index (χ0v) is 11.4. The summed E-state index contributed by atoms with van der Waals surface area (Å²) in [7, 11) is 2.05. The highest BCUT2D eigenvalue weighted by Gasteiger charge is 2.09. The number of hydrogen-bond donors (Lipinski definition) is 0. The molecule has 0 saturated carbocycles. The molecule has 0 aliphatic carbocycles. The first kappa shape index (κ1) is 11.4. The van der Waals surface area contributed by atoms with Gasteiger partial charge in [-0.15, -0.1) is 0 Å². The van der Waals surface area contributed by atoms with E-state index < -0.39 is 0 Å². The molecule has 0 N–H and O–H groups in total. The van der Waals surface area contributed by atoms with Crippen LogP contribution in [0.1, 0.15) is 22.6 Å². The van der Waals surface area contributed by atoms with Crippen LogP contribution in [-0.4, -0.2) is 9.55 Å². The van der Waals surface area contributed by atoms with Crippen molar-refractivity contribution in [2.24, 2.45) is 7.05 Å². The van der Waals surface area contributed by atoms with Crippen LogP contribution >= 0.6 is 15.9 Å². The minimum Gasteiger partial charge on any atom is -0.334 e. The lowest BCUT2D eigenvalue weighted by Crippen LogP contribution is -1.99. The molecule has 0 atom stereocenters. The van der Waals surface area contributed by atoms with Crippen molar-refractivity contribution in [1.82, 2.24) is 9.55 Å². The van der Waals surface area contributed by atoms with Gasteiger partial charge in [0, 0.05) is 13.5 Å². The summed E-state index contributed by atoms with van der Waals surface area (Å²) in [4.78, 5) is 4.40. The molecule has 1 aromatic carbocycles. The Kier molecular flexibility index (Phi) is 3.15. The Morgan fingerprint density at radius 3 is 2.31 bits per heavy atom. The van der Waals surface area contributed by atoms with E-state index in [1.807, 2.05) is 6.92 Å². The number of halogens is 1. The van der Waals surface area contributed by atoms with Crippen LogP contribution in [0.4, 0.5) is 0 Å². The molecular formula is C13H15BrN2. The van der Waals surface area contributed by atoms with Crippen LogP contribution in [0.25, 0.3) is 0 Å². The van der Waals surface area contributed by atoms with Crippen LogP contribution in [-0.2, 0) is 13.5 Å². The highest BCUT2D eigenvalue weighted by molar-refractivity contribution is 9.10. The fourth-order valence-electron chi connectivity index (χ4n) is 1.71. The smallest absolute Gasteiger partial charge is 0.127 e. The van der Waals surface area contributed by atoms with E-state index in [-0.39, 0.29) is 0 Å². The third-order valence-electron chi connectivity index (χ3n) is 2.88. The van der Waals surface area contributed by atoms with E-state index >= 15 is 0 Å². The van der Waals surface area contributed by atoms with E-state index in [1.165, 1.54) is 16.8 Å². The second kappa shape index (κ2) is 4.42. The van der Waals surface area contributed by atoms with Gasteiger partial charge in [-0.25, -0.2) is 4.98 Å². The number of aromatic nitrogens is 2. The number of nitrogens with zero attached hydrogens (tertiary/aromatic N) is 2. The van der Waals surface area contributed by atoms with E-state index in [9.17, 15) is 0 Å². The summed E-state index contributed by atoms with van der Waals surface area (Å²) in [5.41, 5.74) is 3.83. The van der Waals surface area contributed by atoms with Crippen molar-refractivity contribution in [1.29, 1.82) is 0 Å². The number of hydrogen-bond acceptors (Lipinski definition) is 1. The van der Waals surface area contributed by atoms with Crippen molar-refractivity contribution in [3.8, 4) is 0 Å². The molecular weight excluding hydrogens is 264 g/mol. The molecule has 2 nitrogen and oxygen atoms in total. The molecule has 0 fully saturated rings. The SMILES string of the molecule is Cc1ccc(Cc2c(Br)nc(C)n2C)cc1. The molecule has 2 aromatic rings. The normalized spacial score (nSPS) is 10.8. The molecule has 1 aromatic heterocycles. The Labute approximate surface area is 104 Å². The molecule has 0 unspecified atom stereocenters. The zero-order chi connectivity index (χ0) is 11.7. The highest BCUT2D eigenvalue weighted by Crippen LogP contribution is 2.20. The van der Waals surface area contributed by atoms with E-state index in [2.05, 4.69) is 63.7 Å². The lowest BCUT2D eigenvalue weighted by atomic mass is 10.1. The molecule has 0 aliphatic rings. The first-order chi connectivity index (χ1) is 7.58. The van der Waals surface area contributed by atoms with Crippen molar-refractivity contribution in [3.05, 3.63) is 51.5 Å². The molecule has 1 heterocycles. The predicted molar refractivity (Wildman–Crippen MR) is 69.6 cm³/mol. The van der Waals surface area contributed by atoms with Crippen LogP contribution < -0.4 is 0 Å². The van der Waals surface area contributed by atoms with Crippen LogP contribution in [0.5, 0.6) is 0 Å². The molecule has 0 aliphatic heterocycles. The molecule has 16 heavy (non-hydrogen) atoms. The standard InChI is InChI=1S/C13H15BrN2/c1-9-4-6-11(7-5-9)8-12-13(14)15-10(2)16(12)3/h4-7H,8H2,1-3H3. The van der Waals surface area contributed by atoms with Gasteiger partial charge in [0.15, 0.2) is 0 Å². The van der Waals surface area contributed by atoms with Gasteiger partial charge >= 0.3 is 0 Å². The maximum Gasteiger partial charge on any atom is 0.127 e. The van der Waals surface area contributed by atoms with Gasteiger partial charge in [-0.1, -0.05) is 29.8 Å². The van der Waals surface area contributed by atoms with Crippen molar-refractivity contribution in [2.75, 3.05) is 0 Å². The van der Waals surface area contributed by atoms with E-state index in [0.29, 0.717) is 0 Å². The third-order valence-corrected chi connectivity index (χ3v) is 3.52. The Morgan fingerprint density at radius 1 is 1.19 bits per heavy atom. The first-order valence-electron chi connectivity index (χ1n) is 5.31. The number of imidazole rings is 1. The number of aryl methyl sites for hydroxylation is 2. The van der Waals surface area contributed by atoms with Crippen LogP contribution in [0.15, 0.2) is 28.9 Å². The Balaban J connectivity index is 2.30. The number of rotatable bonds is 2. The Morgan fingerprint density at radius 2 is 1.81 bits per heavy atom. The number of benzene rings is 1. The van der Waals surface area contributed by atoms with Crippen LogP contribution in [0.2, 0.25) is 0 Å². The fraction of sp³-hybridized carbons (Fsp3) is 0.308. The van der Waals surface area contributed by atoms with Crippen molar-refractivity contribution in [3.63, 3.8) is 0 Å². The lowest BCUT2D eigenvalue weighted by molar-refractivity contribution is 0.805. The second-order valence-corrected chi connectivity index (χ2v) is 4.87. The molecule has 0 spiro atoms. The maximum absolute atomic E-state index is 4.40. The van der Waals surface area contributed by atoms with Crippen LogP contribution in [0.3, 0.4) is 0 Å².